The van der Waals surface area contributed by atoms with Crippen molar-refractivity contribution in [3.8, 4) is 11.1 Å². The van der Waals surface area contributed by atoms with Crippen molar-refractivity contribution >= 4 is 41.8 Å². The number of pyridine rings is 1. The van der Waals surface area contributed by atoms with E-state index in [9.17, 15) is 9.18 Å². The molecule has 1 aromatic heterocycles. The average molecular weight is 635 g/mol. The van der Waals surface area contributed by atoms with Gasteiger partial charge in [0, 0.05) is 28.1 Å². The zero-order valence-corrected chi connectivity index (χ0v) is 27.0. The summed E-state index contributed by atoms with van der Waals surface area (Å²) in [4.78, 5) is 26.3. The van der Waals surface area contributed by atoms with Crippen LogP contribution in [0.5, 0.6) is 0 Å². The Kier molecular flexibility index (Phi) is 13.7. The molecule has 0 spiro atoms. The lowest BCUT2D eigenvalue weighted by Gasteiger charge is -2.31. The van der Waals surface area contributed by atoms with Gasteiger partial charge in [0.25, 0.3) is 0 Å². The van der Waals surface area contributed by atoms with Gasteiger partial charge in [-0.25, -0.2) is 14.4 Å². The molecule has 0 radical (unpaired) electrons. The van der Waals surface area contributed by atoms with E-state index in [1.165, 1.54) is 19.3 Å². The topological polar surface area (TPSA) is 96.0 Å². The number of amidine groups is 1. The highest BCUT2D eigenvalue weighted by atomic mass is 35.5. The molecule has 1 aliphatic rings. The number of benzene rings is 2. The van der Waals surface area contributed by atoms with E-state index in [1.807, 2.05) is 13.0 Å². The van der Waals surface area contributed by atoms with Gasteiger partial charge in [0.05, 0.1) is 5.69 Å². The van der Waals surface area contributed by atoms with Gasteiger partial charge in [0.2, 0.25) is 12.4 Å². The number of nitrogens with one attached hydrogen (secondary N) is 1. The first kappa shape index (κ1) is 35.4. The van der Waals surface area contributed by atoms with Crippen LogP contribution in [0.1, 0.15) is 55.8 Å². The number of hydrogen-bond donors (Lipinski definition) is 2. The molecular weight excluding hydrogens is 594 g/mol. The Hall–Kier alpha value is -4.05. The summed E-state index contributed by atoms with van der Waals surface area (Å²) in [5.74, 6) is -0.536. The van der Waals surface area contributed by atoms with Gasteiger partial charge in [-0.3, -0.25) is 9.79 Å². The fraction of sp³-hybridized carbons (Fsp3) is 0.314. The van der Waals surface area contributed by atoms with Gasteiger partial charge >= 0.3 is 0 Å². The van der Waals surface area contributed by atoms with Crippen LogP contribution in [0.15, 0.2) is 76.4 Å². The SMILES string of the molecule is C=N/C=C(/C=C(\CC)c1ccc(-c2ccc(C)nc2F)cc1Cl)C(=Nc1ccc(C2CCN(CC)CC2)c(F)c1)NC=O.CN. The molecule has 1 saturated heterocycles. The van der Waals surface area contributed by atoms with Crippen LogP contribution in [-0.2, 0) is 4.79 Å². The number of aliphatic imine (C=N–C) groups is 2. The predicted octanol–water partition coefficient (Wildman–Crippen LogP) is 7.62. The van der Waals surface area contributed by atoms with Gasteiger partial charge in [-0.15, -0.1) is 0 Å². The quantitative estimate of drug-likeness (QED) is 0.0788. The molecule has 1 fully saturated rings. The minimum absolute atomic E-state index is 0.166. The number of allylic oxidation sites excluding steroid dienone is 1. The van der Waals surface area contributed by atoms with Gasteiger partial charge in [0.1, 0.15) is 11.7 Å². The van der Waals surface area contributed by atoms with Crippen LogP contribution in [0.25, 0.3) is 16.7 Å². The van der Waals surface area contributed by atoms with Crippen molar-refractivity contribution in [3.63, 3.8) is 0 Å². The van der Waals surface area contributed by atoms with Crippen molar-refractivity contribution in [3.05, 3.63) is 100.0 Å². The summed E-state index contributed by atoms with van der Waals surface area (Å²) in [6.07, 6.45) is 6.16. The number of aryl methyl sites for hydroxylation is 1. The molecule has 0 unspecified atom stereocenters. The van der Waals surface area contributed by atoms with Crippen LogP contribution < -0.4 is 11.1 Å². The summed E-state index contributed by atoms with van der Waals surface area (Å²) in [5, 5.41) is 3.04. The zero-order valence-electron chi connectivity index (χ0n) is 26.3. The number of piperidine rings is 1. The summed E-state index contributed by atoms with van der Waals surface area (Å²) in [6.45, 7) is 12.3. The van der Waals surface area contributed by atoms with Crippen LogP contribution in [0, 0.1) is 18.7 Å². The molecule has 2 aromatic carbocycles. The largest absolute Gasteiger partial charge is 0.333 e. The molecule has 3 N–H and O–H groups in total. The van der Waals surface area contributed by atoms with Crippen LogP contribution in [-0.4, -0.2) is 55.5 Å². The lowest BCUT2D eigenvalue weighted by atomic mass is 9.89. The molecule has 10 heteroatoms. The lowest BCUT2D eigenvalue weighted by Crippen LogP contribution is -2.32. The first-order chi connectivity index (χ1) is 21.8. The Morgan fingerprint density at radius 2 is 1.87 bits per heavy atom. The maximum Gasteiger partial charge on any atom is 0.220 e. The second kappa shape index (κ2) is 17.4. The van der Waals surface area contributed by atoms with E-state index in [4.69, 9.17) is 11.6 Å². The fourth-order valence-corrected chi connectivity index (χ4v) is 5.65. The molecule has 45 heavy (non-hydrogen) atoms. The van der Waals surface area contributed by atoms with Gasteiger partial charge in [-0.2, -0.15) is 4.39 Å². The molecule has 0 atom stereocenters. The van der Waals surface area contributed by atoms with Crippen molar-refractivity contribution in [1.82, 2.24) is 15.2 Å². The third-order valence-corrected chi connectivity index (χ3v) is 8.04. The molecule has 7 nitrogen and oxygen atoms in total. The number of nitrogens with zero attached hydrogens (tertiary/aromatic N) is 4. The van der Waals surface area contributed by atoms with Crippen molar-refractivity contribution < 1.29 is 13.6 Å². The highest BCUT2D eigenvalue weighted by molar-refractivity contribution is 6.32. The molecule has 0 bridgehead atoms. The molecule has 2 heterocycles. The zero-order chi connectivity index (χ0) is 32.9. The van der Waals surface area contributed by atoms with E-state index >= 15 is 4.39 Å². The number of nitrogens with two attached hydrogens (primary N) is 1. The third-order valence-electron chi connectivity index (χ3n) is 7.72. The number of halogens is 3. The predicted molar refractivity (Wildman–Crippen MR) is 182 cm³/mol. The Morgan fingerprint density at radius 1 is 1.13 bits per heavy atom. The van der Waals surface area contributed by atoms with E-state index in [-0.39, 0.29) is 17.6 Å². The molecule has 3 aromatic rings. The van der Waals surface area contributed by atoms with Crippen LogP contribution in [0.3, 0.4) is 0 Å². The van der Waals surface area contributed by atoms with E-state index in [0.717, 1.165) is 43.6 Å². The Labute approximate surface area is 269 Å². The number of carbonyl (C=O) groups is 1. The van der Waals surface area contributed by atoms with Gasteiger partial charge in [-0.05, 0) is 124 Å². The molecule has 0 aliphatic carbocycles. The number of rotatable bonds is 10. The third kappa shape index (κ3) is 9.23. The Morgan fingerprint density at radius 3 is 2.44 bits per heavy atom. The van der Waals surface area contributed by atoms with Gasteiger partial charge < -0.3 is 16.0 Å². The minimum atomic E-state index is -0.565. The summed E-state index contributed by atoms with van der Waals surface area (Å²) in [5.41, 5.74) is 9.07. The highest BCUT2D eigenvalue weighted by Gasteiger charge is 2.22. The summed E-state index contributed by atoms with van der Waals surface area (Å²) in [7, 11) is 1.50. The van der Waals surface area contributed by atoms with Crippen molar-refractivity contribution in [2.75, 3.05) is 26.7 Å². The standard InChI is InChI=1S/C34H36ClF2N5O.CH5N/c1-5-23(28-11-8-25(18-31(28)35)30-10-7-22(3)40-33(30)37)17-26(20-38-4)34(39-21-43)41-27-9-12-29(32(36)19-27)24-13-15-42(6-2)16-14-24;1-2/h7-12,17-21,24H,4-6,13-16H2,1-3H3,(H,39,41,43);2H2,1H3/b23-17+,26-20-;. The lowest BCUT2D eigenvalue weighted by molar-refractivity contribution is -0.108. The molecule has 1 aliphatic heterocycles. The van der Waals surface area contributed by atoms with E-state index in [0.29, 0.717) is 51.5 Å². The van der Waals surface area contributed by atoms with Crippen molar-refractivity contribution in [1.29, 1.82) is 0 Å². The number of likely N-dealkylation sites (tertiary alicyclic amines) is 1. The minimum Gasteiger partial charge on any atom is -0.333 e. The molecule has 238 valence electrons. The van der Waals surface area contributed by atoms with Gasteiger partial charge in [-0.1, -0.05) is 43.6 Å². The number of aromatic nitrogens is 1. The Bertz CT molecular complexity index is 1580. The molecule has 0 saturated carbocycles. The molecule has 4 rings (SSSR count). The van der Waals surface area contributed by atoms with Crippen LogP contribution in [0.2, 0.25) is 5.02 Å². The van der Waals surface area contributed by atoms with Crippen molar-refractivity contribution in [2.45, 2.75) is 46.0 Å². The molecular formula is C35H41ClF2N6O. The van der Waals surface area contributed by atoms with Crippen LogP contribution >= 0.6 is 11.6 Å². The summed E-state index contributed by atoms with van der Waals surface area (Å²) >= 11 is 6.69. The highest BCUT2D eigenvalue weighted by Crippen LogP contribution is 2.34. The first-order valence-electron chi connectivity index (χ1n) is 15.0. The second-order valence-electron chi connectivity index (χ2n) is 10.4. The van der Waals surface area contributed by atoms with Crippen molar-refractivity contribution in [2.24, 2.45) is 15.7 Å². The maximum atomic E-state index is 15.3. The van der Waals surface area contributed by atoms with Gasteiger partial charge in [0.15, 0.2) is 0 Å². The smallest absolute Gasteiger partial charge is 0.220 e. The second-order valence-corrected chi connectivity index (χ2v) is 10.8. The molecule has 1 amide bonds. The summed E-state index contributed by atoms with van der Waals surface area (Å²) < 4.78 is 29.8. The number of carbonyl (C=O) groups excluding carboxylic acids is 1. The van der Waals surface area contributed by atoms with E-state index in [2.05, 4.69) is 44.6 Å². The monoisotopic (exact) mass is 634 g/mol. The Balaban J connectivity index is 0.00000271. The summed E-state index contributed by atoms with van der Waals surface area (Å²) in [6, 6.07) is 13.6. The van der Waals surface area contributed by atoms with Crippen LogP contribution in [0.4, 0.5) is 14.5 Å². The number of amides is 1. The number of hydrogen-bond acceptors (Lipinski definition) is 6. The maximum absolute atomic E-state index is 15.3. The first-order valence-corrected chi connectivity index (χ1v) is 15.3. The fourth-order valence-electron chi connectivity index (χ4n) is 5.35. The normalized spacial score (nSPS) is 14.9. The van der Waals surface area contributed by atoms with E-state index < -0.39 is 5.95 Å². The van der Waals surface area contributed by atoms with E-state index in [1.54, 1.807) is 49.4 Å². The average Bonchev–Trinajstić information content (AvgIpc) is 3.04.